The normalized spacial score (nSPS) is 10.3. The van der Waals surface area contributed by atoms with Crippen LogP contribution in [0.25, 0.3) is 0 Å². The highest BCUT2D eigenvalue weighted by atomic mass is 79.9. The van der Waals surface area contributed by atoms with Gasteiger partial charge in [-0.15, -0.1) is 0 Å². The van der Waals surface area contributed by atoms with Gasteiger partial charge in [-0.1, -0.05) is 46.3 Å². The fraction of sp³-hybridized carbons (Fsp3) is 0.312. The molecule has 1 N–H and O–H groups in total. The highest BCUT2D eigenvalue weighted by molar-refractivity contribution is 9.09. The molecule has 0 saturated heterocycles. The van der Waals surface area contributed by atoms with E-state index in [1.807, 2.05) is 30.3 Å². The van der Waals surface area contributed by atoms with Gasteiger partial charge in [-0.2, -0.15) is 5.10 Å². The summed E-state index contributed by atoms with van der Waals surface area (Å²) in [6.45, 7) is 0.600. The van der Waals surface area contributed by atoms with Gasteiger partial charge in [0.1, 0.15) is 0 Å². The standard InChI is InChI=1S/C16H18BrN3O3/c1-23-16(22)15-13(18-14(21)7-9-17)11-20(19-15)10-8-12-5-3-2-4-6-12/h2-6,11H,7-10H2,1H3,(H,18,21). The molecule has 0 aliphatic rings. The highest BCUT2D eigenvalue weighted by Crippen LogP contribution is 2.16. The van der Waals surface area contributed by atoms with Crippen LogP contribution in [-0.2, 0) is 22.5 Å². The van der Waals surface area contributed by atoms with E-state index in [-0.39, 0.29) is 11.6 Å². The number of anilines is 1. The number of rotatable bonds is 7. The molecule has 6 nitrogen and oxygen atoms in total. The van der Waals surface area contributed by atoms with Gasteiger partial charge in [0.15, 0.2) is 5.69 Å². The average Bonchev–Trinajstić information content (AvgIpc) is 2.96. The number of methoxy groups -OCH3 is 1. The van der Waals surface area contributed by atoms with E-state index in [9.17, 15) is 9.59 Å². The van der Waals surface area contributed by atoms with E-state index in [0.29, 0.717) is 24.0 Å². The Labute approximate surface area is 143 Å². The summed E-state index contributed by atoms with van der Waals surface area (Å²) in [4.78, 5) is 23.5. The number of esters is 1. The molecular formula is C16H18BrN3O3. The van der Waals surface area contributed by atoms with Gasteiger partial charge in [0.2, 0.25) is 5.91 Å². The Kier molecular flexibility index (Phi) is 6.34. The maximum atomic E-state index is 11.8. The van der Waals surface area contributed by atoms with E-state index >= 15 is 0 Å². The summed E-state index contributed by atoms with van der Waals surface area (Å²) in [5, 5.41) is 7.47. The molecule has 122 valence electrons. The number of nitrogens with zero attached hydrogens (tertiary/aromatic N) is 2. The van der Waals surface area contributed by atoms with Crippen molar-refractivity contribution in [2.45, 2.75) is 19.4 Å². The SMILES string of the molecule is COC(=O)c1nn(CCc2ccccc2)cc1NC(=O)CCBr. The second kappa shape index (κ2) is 8.47. The second-order valence-corrected chi connectivity index (χ2v) is 5.66. The number of alkyl halides is 1. The molecule has 1 amide bonds. The number of ether oxygens (including phenoxy) is 1. The minimum absolute atomic E-state index is 0.114. The summed E-state index contributed by atoms with van der Waals surface area (Å²) >= 11 is 3.21. The van der Waals surface area contributed by atoms with Crippen LogP contribution < -0.4 is 5.32 Å². The van der Waals surface area contributed by atoms with Crippen molar-refractivity contribution in [2.75, 3.05) is 17.8 Å². The van der Waals surface area contributed by atoms with E-state index in [1.54, 1.807) is 10.9 Å². The lowest BCUT2D eigenvalue weighted by molar-refractivity contribution is -0.115. The number of nitrogens with one attached hydrogen (secondary N) is 1. The Morgan fingerprint density at radius 3 is 2.70 bits per heavy atom. The third-order valence-corrected chi connectivity index (χ3v) is 3.60. The number of amides is 1. The summed E-state index contributed by atoms with van der Waals surface area (Å²) < 4.78 is 6.36. The maximum Gasteiger partial charge on any atom is 0.360 e. The van der Waals surface area contributed by atoms with Crippen LogP contribution in [0.3, 0.4) is 0 Å². The van der Waals surface area contributed by atoms with Crippen LogP contribution in [0.15, 0.2) is 36.5 Å². The quantitative estimate of drug-likeness (QED) is 0.592. The molecule has 0 spiro atoms. The number of aromatic nitrogens is 2. The van der Waals surface area contributed by atoms with Gasteiger partial charge in [0.05, 0.1) is 12.8 Å². The lowest BCUT2D eigenvalue weighted by Crippen LogP contribution is -2.14. The number of hydrogen-bond donors (Lipinski definition) is 1. The third kappa shape index (κ3) is 4.92. The molecule has 2 rings (SSSR count). The fourth-order valence-electron chi connectivity index (χ4n) is 2.06. The first-order chi connectivity index (χ1) is 11.1. The predicted molar refractivity (Wildman–Crippen MR) is 90.8 cm³/mol. The van der Waals surface area contributed by atoms with E-state index < -0.39 is 5.97 Å². The molecule has 2 aromatic rings. The van der Waals surface area contributed by atoms with Crippen LogP contribution in [-0.4, -0.2) is 34.1 Å². The Balaban J connectivity index is 2.12. The molecule has 0 fully saturated rings. The first kappa shape index (κ1) is 17.2. The van der Waals surface area contributed by atoms with Gasteiger partial charge in [0, 0.05) is 24.5 Å². The molecule has 0 atom stereocenters. The molecule has 0 aliphatic carbocycles. The van der Waals surface area contributed by atoms with Gasteiger partial charge in [-0.05, 0) is 12.0 Å². The minimum Gasteiger partial charge on any atom is -0.464 e. The monoisotopic (exact) mass is 379 g/mol. The molecule has 1 aromatic heterocycles. The summed E-state index contributed by atoms with van der Waals surface area (Å²) in [6.07, 6.45) is 2.75. The number of carbonyl (C=O) groups is 2. The van der Waals surface area contributed by atoms with E-state index in [4.69, 9.17) is 4.74 Å². The molecule has 0 bridgehead atoms. The van der Waals surface area contributed by atoms with Crippen LogP contribution in [0.1, 0.15) is 22.5 Å². The predicted octanol–water partition coefficient (Wildman–Crippen LogP) is 2.64. The number of carbonyl (C=O) groups excluding carboxylic acids is 2. The molecule has 0 saturated carbocycles. The van der Waals surface area contributed by atoms with Crippen LogP contribution in [0.4, 0.5) is 5.69 Å². The number of benzene rings is 1. The first-order valence-electron chi connectivity index (χ1n) is 7.19. The molecule has 7 heteroatoms. The van der Waals surface area contributed by atoms with Gasteiger partial charge >= 0.3 is 5.97 Å². The van der Waals surface area contributed by atoms with E-state index in [1.165, 1.54) is 12.7 Å². The van der Waals surface area contributed by atoms with E-state index in [0.717, 1.165) is 6.42 Å². The summed E-state index contributed by atoms with van der Waals surface area (Å²) in [5.41, 5.74) is 1.66. The molecule has 1 heterocycles. The summed E-state index contributed by atoms with van der Waals surface area (Å²) in [6, 6.07) is 9.98. The Bertz CT molecular complexity index is 670. The fourth-order valence-corrected chi connectivity index (χ4v) is 2.42. The lowest BCUT2D eigenvalue weighted by Gasteiger charge is -2.02. The first-order valence-corrected chi connectivity index (χ1v) is 8.31. The van der Waals surface area contributed by atoms with Crippen LogP contribution >= 0.6 is 15.9 Å². The Hall–Kier alpha value is -2.15. The molecule has 1 aromatic carbocycles. The van der Waals surface area contributed by atoms with Crippen molar-refractivity contribution in [1.29, 1.82) is 0 Å². The van der Waals surface area contributed by atoms with Gasteiger partial charge in [-0.3, -0.25) is 9.48 Å². The molecule has 0 aliphatic heterocycles. The topological polar surface area (TPSA) is 73.2 Å². The smallest absolute Gasteiger partial charge is 0.360 e. The van der Waals surface area contributed by atoms with Crippen molar-refractivity contribution in [3.05, 3.63) is 47.8 Å². The maximum absolute atomic E-state index is 11.8. The van der Waals surface area contributed by atoms with E-state index in [2.05, 4.69) is 26.3 Å². The van der Waals surface area contributed by atoms with Crippen molar-refractivity contribution in [3.8, 4) is 0 Å². The summed E-state index contributed by atoms with van der Waals surface area (Å²) in [5.74, 6) is -0.757. The largest absolute Gasteiger partial charge is 0.464 e. The zero-order valence-electron chi connectivity index (χ0n) is 12.8. The van der Waals surface area contributed by atoms with Crippen LogP contribution in [0.5, 0.6) is 0 Å². The zero-order valence-corrected chi connectivity index (χ0v) is 14.4. The van der Waals surface area contributed by atoms with Gasteiger partial charge in [-0.25, -0.2) is 4.79 Å². The zero-order chi connectivity index (χ0) is 16.7. The number of hydrogen-bond acceptors (Lipinski definition) is 4. The minimum atomic E-state index is -0.572. The summed E-state index contributed by atoms with van der Waals surface area (Å²) in [7, 11) is 1.29. The van der Waals surface area contributed by atoms with Crippen LogP contribution in [0.2, 0.25) is 0 Å². The second-order valence-electron chi connectivity index (χ2n) is 4.87. The third-order valence-electron chi connectivity index (χ3n) is 3.21. The van der Waals surface area contributed by atoms with Crippen molar-refractivity contribution < 1.29 is 14.3 Å². The number of aryl methyl sites for hydroxylation is 2. The lowest BCUT2D eigenvalue weighted by atomic mass is 10.1. The Morgan fingerprint density at radius 1 is 1.30 bits per heavy atom. The molecular weight excluding hydrogens is 362 g/mol. The Morgan fingerprint density at radius 2 is 2.04 bits per heavy atom. The van der Waals surface area contributed by atoms with Gasteiger partial charge < -0.3 is 10.1 Å². The van der Waals surface area contributed by atoms with Crippen LogP contribution in [0, 0.1) is 0 Å². The number of halogens is 1. The molecule has 23 heavy (non-hydrogen) atoms. The molecule has 0 radical (unpaired) electrons. The van der Waals surface area contributed by atoms with Crippen molar-refractivity contribution >= 4 is 33.5 Å². The highest BCUT2D eigenvalue weighted by Gasteiger charge is 2.19. The van der Waals surface area contributed by atoms with Gasteiger partial charge in [0.25, 0.3) is 0 Å². The molecule has 0 unspecified atom stereocenters. The van der Waals surface area contributed by atoms with Crippen molar-refractivity contribution in [2.24, 2.45) is 0 Å². The average molecular weight is 380 g/mol. The van der Waals surface area contributed by atoms with Crippen molar-refractivity contribution in [1.82, 2.24) is 9.78 Å². The van der Waals surface area contributed by atoms with Crippen molar-refractivity contribution in [3.63, 3.8) is 0 Å².